The standard InChI is InChI=1S/C28H35N5O7/c1-16(2)24(26(37)32-22(12-7-13-30-27(29)38)25(36)31-14-23(34)35)33-28(39)40-15-21-19-10-5-3-8-17(19)18-9-4-6-11-20(18)21/h3-6,8-11,16,21-22,24H,7,12-15H2,1-2H3,(H,31,36)(H,32,37)(H,33,39)(H,34,35)(H3,29,30,38)/t22-,24-/m0/s1. The molecule has 0 saturated heterocycles. The van der Waals surface area contributed by atoms with Gasteiger partial charge in [0.15, 0.2) is 0 Å². The Bertz CT molecular complexity index is 1200. The number of fused-ring (bicyclic) bond motifs is 3. The Balaban J connectivity index is 1.63. The molecule has 0 unspecified atom stereocenters. The number of primary amides is 1. The van der Waals surface area contributed by atoms with Crippen LogP contribution in [0.25, 0.3) is 11.1 Å². The highest BCUT2D eigenvalue weighted by Gasteiger charge is 2.32. The fourth-order valence-corrected chi connectivity index (χ4v) is 4.64. The lowest BCUT2D eigenvalue weighted by Gasteiger charge is -2.25. The second kappa shape index (κ2) is 14.0. The summed E-state index contributed by atoms with van der Waals surface area (Å²) in [5.74, 6) is -3.10. The van der Waals surface area contributed by atoms with Gasteiger partial charge in [-0.15, -0.1) is 0 Å². The molecule has 0 radical (unpaired) electrons. The van der Waals surface area contributed by atoms with Crippen LogP contribution < -0.4 is 27.0 Å². The molecule has 1 aliphatic carbocycles. The number of alkyl carbamates (subject to hydrolysis) is 1. The zero-order chi connectivity index (χ0) is 29.2. The molecule has 12 heteroatoms. The minimum absolute atomic E-state index is 0.0688. The summed E-state index contributed by atoms with van der Waals surface area (Å²) >= 11 is 0. The van der Waals surface area contributed by atoms with Gasteiger partial charge in [-0.25, -0.2) is 9.59 Å². The number of carbonyl (C=O) groups is 5. The van der Waals surface area contributed by atoms with Crippen molar-refractivity contribution in [1.82, 2.24) is 21.3 Å². The van der Waals surface area contributed by atoms with Crippen molar-refractivity contribution in [2.75, 3.05) is 19.7 Å². The van der Waals surface area contributed by atoms with Gasteiger partial charge in [0.2, 0.25) is 11.8 Å². The molecule has 0 saturated carbocycles. The van der Waals surface area contributed by atoms with Crippen LogP contribution >= 0.6 is 0 Å². The summed E-state index contributed by atoms with van der Waals surface area (Å²) in [4.78, 5) is 60.3. The highest BCUT2D eigenvalue weighted by atomic mass is 16.5. The Labute approximate surface area is 232 Å². The van der Waals surface area contributed by atoms with E-state index in [9.17, 15) is 24.0 Å². The number of benzene rings is 2. The fourth-order valence-electron chi connectivity index (χ4n) is 4.64. The van der Waals surface area contributed by atoms with Gasteiger partial charge in [-0.2, -0.15) is 0 Å². The minimum Gasteiger partial charge on any atom is -0.480 e. The van der Waals surface area contributed by atoms with Crippen molar-refractivity contribution < 1.29 is 33.8 Å². The van der Waals surface area contributed by atoms with E-state index in [0.717, 1.165) is 22.3 Å². The van der Waals surface area contributed by atoms with E-state index in [1.807, 2.05) is 48.5 Å². The molecule has 7 N–H and O–H groups in total. The van der Waals surface area contributed by atoms with Crippen LogP contribution in [0, 0.1) is 5.92 Å². The Hall–Kier alpha value is -4.61. The predicted molar refractivity (Wildman–Crippen MR) is 146 cm³/mol. The molecular formula is C28H35N5O7. The average Bonchev–Trinajstić information content (AvgIpc) is 3.24. The molecule has 2 aromatic rings. The quantitative estimate of drug-likeness (QED) is 0.203. The molecule has 0 bridgehead atoms. The lowest BCUT2D eigenvalue weighted by molar-refractivity contribution is -0.138. The van der Waals surface area contributed by atoms with E-state index in [1.165, 1.54) is 0 Å². The van der Waals surface area contributed by atoms with Crippen molar-refractivity contribution in [2.45, 2.75) is 44.7 Å². The predicted octanol–water partition coefficient (Wildman–Crippen LogP) is 1.68. The van der Waals surface area contributed by atoms with Crippen molar-refractivity contribution in [3.63, 3.8) is 0 Å². The second-order valence-corrected chi connectivity index (χ2v) is 9.80. The molecule has 0 heterocycles. The van der Waals surface area contributed by atoms with Crippen molar-refractivity contribution in [3.8, 4) is 11.1 Å². The van der Waals surface area contributed by atoms with Crippen LogP contribution in [-0.2, 0) is 19.1 Å². The largest absolute Gasteiger partial charge is 0.480 e. The molecule has 1 aliphatic rings. The summed E-state index contributed by atoms with van der Waals surface area (Å²) < 4.78 is 5.56. The summed E-state index contributed by atoms with van der Waals surface area (Å²) in [5.41, 5.74) is 9.32. The maximum atomic E-state index is 13.1. The van der Waals surface area contributed by atoms with E-state index in [1.54, 1.807) is 13.8 Å². The van der Waals surface area contributed by atoms with Crippen molar-refractivity contribution >= 4 is 29.9 Å². The lowest BCUT2D eigenvalue weighted by atomic mass is 9.98. The maximum Gasteiger partial charge on any atom is 0.407 e. The molecule has 0 aliphatic heterocycles. The molecule has 12 nitrogen and oxygen atoms in total. The summed E-state index contributed by atoms with van der Waals surface area (Å²) in [7, 11) is 0. The van der Waals surface area contributed by atoms with Crippen LogP contribution in [0.15, 0.2) is 48.5 Å². The van der Waals surface area contributed by atoms with Gasteiger partial charge >= 0.3 is 18.1 Å². The first-order chi connectivity index (χ1) is 19.1. The molecular weight excluding hydrogens is 518 g/mol. The van der Waals surface area contributed by atoms with Crippen molar-refractivity contribution in [2.24, 2.45) is 11.7 Å². The number of amides is 5. The third-order valence-electron chi connectivity index (χ3n) is 6.58. The fraction of sp³-hybridized carbons (Fsp3) is 0.393. The van der Waals surface area contributed by atoms with Gasteiger partial charge in [-0.1, -0.05) is 62.4 Å². The van der Waals surface area contributed by atoms with E-state index in [4.69, 9.17) is 15.6 Å². The number of carboxylic acid groups (broad SMARTS) is 1. The van der Waals surface area contributed by atoms with Gasteiger partial charge in [0, 0.05) is 12.5 Å². The summed E-state index contributed by atoms with van der Waals surface area (Å²) in [6.45, 7) is 3.05. The Morgan fingerprint density at radius 1 is 0.900 bits per heavy atom. The van der Waals surface area contributed by atoms with Crippen LogP contribution in [0.1, 0.15) is 43.7 Å². The molecule has 2 atom stereocenters. The van der Waals surface area contributed by atoms with Crippen molar-refractivity contribution in [3.05, 3.63) is 59.7 Å². The average molecular weight is 554 g/mol. The zero-order valence-corrected chi connectivity index (χ0v) is 22.4. The molecule has 2 aromatic carbocycles. The number of nitrogens with two attached hydrogens (primary N) is 1. The van der Waals surface area contributed by atoms with E-state index < -0.39 is 48.5 Å². The van der Waals surface area contributed by atoms with Crippen LogP contribution in [0.2, 0.25) is 0 Å². The molecule has 0 fully saturated rings. The smallest absolute Gasteiger partial charge is 0.407 e. The normalized spacial score (nSPS) is 13.4. The SMILES string of the molecule is CC(C)[C@H](NC(=O)OCC1c2ccccc2-c2ccccc21)C(=O)N[C@@H](CCCNC(N)=O)C(=O)NCC(=O)O. The van der Waals surface area contributed by atoms with Gasteiger partial charge < -0.3 is 36.8 Å². The molecule has 5 amide bonds. The first-order valence-electron chi connectivity index (χ1n) is 13.0. The molecule has 40 heavy (non-hydrogen) atoms. The van der Waals surface area contributed by atoms with Crippen LogP contribution in [-0.4, -0.2) is 66.8 Å². The Kier molecular flexibility index (Phi) is 10.5. The first-order valence-corrected chi connectivity index (χ1v) is 13.0. The molecule has 3 rings (SSSR count). The van der Waals surface area contributed by atoms with Crippen LogP contribution in [0.3, 0.4) is 0 Å². The van der Waals surface area contributed by atoms with E-state index in [0.29, 0.717) is 0 Å². The monoisotopic (exact) mass is 553 g/mol. The zero-order valence-electron chi connectivity index (χ0n) is 22.4. The number of rotatable bonds is 13. The molecule has 0 aromatic heterocycles. The summed E-state index contributed by atoms with van der Waals surface area (Å²) in [6, 6.07) is 13.0. The number of urea groups is 1. The molecule has 214 valence electrons. The highest BCUT2D eigenvalue weighted by molar-refractivity contribution is 5.92. The number of ether oxygens (including phenoxy) is 1. The van der Waals surface area contributed by atoms with E-state index >= 15 is 0 Å². The summed E-state index contributed by atoms with van der Waals surface area (Å²) in [6.07, 6.45) is -0.415. The van der Waals surface area contributed by atoms with Crippen LogP contribution in [0.5, 0.6) is 0 Å². The highest BCUT2D eigenvalue weighted by Crippen LogP contribution is 2.44. The third kappa shape index (κ3) is 7.95. The number of carboxylic acids is 1. The topological polar surface area (TPSA) is 189 Å². The number of hydrogen-bond acceptors (Lipinski definition) is 6. The molecule has 0 spiro atoms. The summed E-state index contributed by atoms with van der Waals surface area (Å²) in [5, 5.41) is 18.7. The van der Waals surface area contributed by atoms with Gasteiger partial charge in [0.25, 0.3) is 0 Å². The number of aliphatic carboxylic acids is 1. The number of hydrogen-bond donors (Lipinski definition) is 6. The van der Waals surface area contributed by atoms with Gasteiger partial charge in [-0.3, -0.25) is 14.4 Å². The number of nitrogens with one attached hydrogen (secondary N) is 4. The Morgan fingerprint density at radius 3 is 2.05 bits per heavy atom. The lowest BCUT2D eigenvalue weighted by Crippen LogP contribution is -2.55. The minimum atomic E-state index is -1.24. The van der Waals surface area contributed by atoms with Gasteiger partial charge in [-0.05, 0) is 41.0 Å². The Morgan fingerprint density at radius 2 is 1.50 bits per heavy atom. The van der Waals surface area contributed by atoms with Crippen molar-refractivity contribution in [1.29, 1.82) is 0 Å². The van der Waals surface area contributed by atoms with E-state index in [2.05, 4.69) is 21.3 Å². The van der Waals surface area contributed by atoms with Crippen LogP contribution in [0.4, 0.5) is 9.59 Å². The first kappa shape index (κ1) is 29.9. The second-order valence-electron chi connectivity index (χ2n) is 9.80. The van der Waals surface area contributed by atoms with Gasteiger partial charge in [0.05, 0.1) is 0 Å². The van der Waals surface area contributed by atoms with E-state index in [-0.39, 0.29) is 37.8 Å². The number of carbonyl (C=O) groups excluding carboxylic acids is 4. The third-order valence-corrected chi connectivity index (χ3v) is 6.58. The maximum absolute atomic E-state index is 13.1. The van der Waals surface area contributed by atoms with Gasteiger partial charge in [0.1, 0.15) is 25.2 Å².